The SMILES string of the molecule is CCNC(=NCCCOCC1CCCO1)NCCN1CCN(C(=O)OC(C)(C)C)CC1.I. The van der Waals surface area contributed by atoms with Crippen molar-refractivity contribution in [3.05, 3.63) is 0 Å². The predicted molar refractivity (Wildman–Crippen MR) is 138 cm³/mol. The number of hydrogen-bond acceptors (Lipinski definition) is 6. The summed E-state index contributed by atoms with van der Waals surface area (Å²) in [5, 5.41) is 6.69. The molecule has 2 saturated heterocycles. The smallest absolute Gasteiger partial charge is 0.410 e. The largest absolute Gasteiger partial charge is 0.444 e. The van der Waals surface area contributed by atoms with Gasteiger partial charge in [-0.1, -0.05) is 0 Å². The van der Waals surface area contributed by atoms with Crippen molar-refractivity contribution in [3.8, 4) is 0 Å². The lowest BCUT2D eigenvalue weighted by Gasteiger charge is -2.35. The van der Waals surface area contributed by atoms with Crippen LogP contribution in [0.25, 0.3) is 0 Å². The fraction of sp³-hybridized carbons (Fsp3) is 0.909. The summed E-state index contributed by atoms with van der Waals surface area (Å²) in [5.41, 5.74) is -0.448. The van der Waals surface area contributed by atoms with Gasteiger partial charge in [0.1, 0.15) is 5.60 Å². The summed E-state index contributed by atoms with van der Waals surface area (Å²) in [6.45, 7) is 16.5. The first-order valence-electron chi connectivity index (χ1n) is 11.8. The molecule has 1 amide bonds. The Bertz CT molecular complexity index is 545. The number of ether oxygens (including phenoxy) is 3. The van der Waals surface area contributed by atoms with Crippen LogP contribution in [0.2, 0.25) is 0 Å². The molecule has 2 fully saturated rings. The maximum atomic E-state index is 12.2. The highest BCUT2D eigenvalue weighted by molar-refractivity contribution is 14.0. The number of aliphatic imine (C=N–C) groups is 1. The number of carbonyl (C=O) groups excluding carboxylic acids is 1. The van der Waals surface area contributed by atoms with Gasteiger partial charge < -0.3 is 29.7 Å². The quantitative estimate of drug-likeness (QED) is 0.181. The Morgan fingerprint density at radius 2 is 1.94 bits per heavy atom. The van der Waals surface area contributed by atoms with Crippen LogP contribution in [0.15, 0.2) is 4.99 Å². The van der Waals surface area contributed by atoms with E-state index < -0.39 is 5.60 Å². The van der Waals surface area contributed by atoms with E-state index in [9.17, 15) is 4.79 Å². The number of amides is 1. The minimum absolute atomic E-state index is 0. The van der Waals surface area contributed by atoms with Crippen LogP contribution in [0.3, 0.4) is 0 Å². The first kappa shape index (κ1) is 29.2. The molecular formula is C22H44IN5O4. The zero-order valence-electron chi connectivity index (χ0n) is 20.4. The molecule has 0 aromatic rings. The van der Waals surface area contributed by atoms with E-state index in [1.165, 1.54) is 0 Å². The van der Waals surface area contributed by atoms with Gasteiger partial charge in [0.25, 0.3) is 0 Å². The second-order valence-corrected chi connectivity index (χ2v) is 9.06. The summed E-state index contributed by atoms with van der Waals surface area (Å²) in [6, 6.07) is 0. The van der Waals surface area contributed by atoms with Gasteiger partial charge >= 0.3 is 6.09 Å². The Balaban J connectivity index is 0.00000512. The van der Waals surface area contributed by atoms with Gasteiger partial charge in [-0.05, 0) is 47.0 Å². The van der Waals surface area contributed by atoms with Crippen LogP contribution in [0.4, 0.5) is 4.79 Å². The van der Waals surface area contributed by atoms with Crippen LogP contribution in [-0.4, -0.2) is 106 Å². The van der Waals surface area contributed by atoms with Gasteiger partial charge in [0, 0.05) is 65.6 Å². The van der Waals surface area contributed by atoms with Crippen molar-refractivity contribution in [1.29, 1.82) is 0 Å². The van der Waals surface area contributed by atoms with Crippen LogP contribution in [0, 0.1) is 0 Å². The van der Waals surface area contributed by atoms with Gasteiger partial charge in [-0.25, -0.2) is 4.79 Å². The van der Waals surface area contributed by atoms with Crippen LogP contribution in [0.5, 0.6) is 0 Å². The fourth-order valence-corrected chi connectivity index (χ4v) is 3.50. The van der Waals surface area contributed by atoms with Gasteiger partial charge in [-0.15, -0.1) is 24.0 Å². The van der Waals surface area contributed by atoms with Crippen LogP contribution in [-0.2, 0) is 14.2 Å². The number of rotatable bonds is 10. The molecule has 2 aliphatic rings. The number of guanidine groups is 1. The Morgan fingerprint density at radius 3 is 2.56 bits per heavy atom. The lowest BCUT2D eigenvalue weighted by atomic mass is 10.2. The molecule has 0 aromatic carbocycles. The van der Waals surface area contributed by atoms with Crippen molar-refractivity contribution >= 4 is 36.0 Å². The van der Waals surface area contributed by atoms with Crippen molar-refractivity contribution < 1.29 is 19.0 Å². The van der Waals surface area contributed by atoms with Crippen LogP contribution in [0.1, 0.15) is 47.0 Å². The molecule has 0 bridgehead atoms. The molecule has 1 unspecified atom stereocenters. The normalized spacial score (nSPS) is 20.1. The van der Waals surface area contributed by atoms with Crippen LogP contribution >= 0.6 is 24.0 Å². The summed E-state index contributed by atoms with van der Waals surface area (Å²) in [6.07, 6.45) is 3.23. The molecule has 0 saturated carbocycles. The van der Waals surface area contributed by atoms with Gasteiger partial charge in [-0.2, -0.15) is 0 Å². The van der Waals surface area contributed by atoms with Crippen molar-refractivity contribution in [1.82, 2.24) is 20.4 Å². The summed E-state index contributed by atoms with van der Waals surface area (Å²) in [5.74, 6) is 0.842. The molecule has 2 rings (SSSR count). The summed E-state index contributed by atoms with van der Waals surface area (Å²) in [4.78, 5) is 20.9. The molecule has 32 heavy (non-hydrogen) atoms. The number of hydrogen-bond donors (Lipinski definition) is 2. The minimum atomic E-state index is -0.448. The van der Waals surface area contributed by atoms with Crippen molar-refractivity contribution in [2.24, 2.45) is 4.99 Å². The van der Waals surface area contributed by atoms with E-state index >= 15 is 0 Å². The Kier molecular flexibility index (Phi) is 14.5. The monoisotopic (exact) mass is 569 g/mol. The second kappa shape index (κ2) is 15.9. The molecule has 2 aliphatic heterocycles. The van der Waals surface area contributed by atoms with E-state index in [-0.39, 0.29) is 36.2 Å². The van der Waals surface area contributed by atoms with E-state index in [2.05, 4.69) is 27.4 Å². The van der Waals surface area contributed by atoms with Crippen molar-refractivity contribution in [3.63, 3.8) is 0 Å². The topological polar surface area (TPSA) is 87.7 Å². The second-order valence-electron chi connectivity index (χ2n) is 9.06. The van der Waals surface area contributed by atoms with Crippen LogP contribution < -0.4 is 10.6 Å². The van der Waals surface area contributed by atoms with Gasteiger partial charge in [0.15, 0.2) is 5.96 Å². The number of nitrogens with one attached hydrogen (secondary N) is 2. The highest BCUT2D eigenvalue weighted by atomic mass is 127. The first-order valence-corrected chi connectivity index (χ1v) is 11.8. The molecule has 1 atom stereocenters. The minimum Gasteiger partial charge on any atom is -0.444 e. The maximum Gasteiger partial charge on any atom is 0.410 e. The molecule has 2 N–H and O–H groups in total. The lowest BCUT2D eigenvalue weighted by Crippen LogP contribution is -2.51. The Hall–Kier alpha value is -0.850. The van der Waals surface area contributed by atoms with E-state index in [4.69, 9.17) is 14.2 Å². The zero-order chi connectivity index (χ0) is 22.5. The van der Waals surface area contributed by atoms with Gasteiger partial charge in [0.05, 0.1) is 12.7 Å². The molecule has 0 spiro atoms. The number of carbonyl (C=O) groups is 1. The highest BCUT2D eigenvalue weighted by Gasteiger charge is 2.25. The van der Waals surface area contributed by atoms with Crippen molar-refractivity contribution in [2.45, 2.75) is 58.7 Å². The maximum absolute atomic E-state index is 12.2. The molecule has 9 nitrogen and oxygen atoms in total. The molecule has 0 aliphatic carbocycles. The number of piperazine rings is 1. The summed E-state index contributed by atoms with van der Waals surface area (Å²) in [7, 11) is 0. The van der Waals surface area contributed by atoms with E-state index in [1.807, 2.05) is 20.8 Å². The Morgan fingerprint density at radius 1 is 1.19 bits per heavy atom. The lowest BCUT2D eigenvalue weighted by molar-refractivity contribution is 0.0147. The predicted octanol–water partition coefficient (Wildman–Crippen LogP) is 2.30. The van der Waals surface area contributed by atoms with E-state index in [0.717, 1.165) is 71.1 Å². The molecule has 0 radical (unpaired) electrons. The van der Waals surface area contributed by atoms with E-state index in [0.29, 0.717) is 26.3 Å². The third-order valence-electron chi connectivity index (χ3n) is 5.13. The molecule has 10 heteroatoms. The first-order chi connectivity index (χ1) is 14.9. The summed E-state index contributed by atoms with van der Waals surface area (Å²) < 4.78 is 16.7. The third kappa shape index (κ3) is 12.4. The third-order valence-corrected chi connectivity index (χ3v) is 5.13. The summed E-state index contributed by atoms with van der Waals surface area (Å²) >= 11 is 0. The highest BCUT2D eigenvalue weighted by Crippen LogP contribution is 2.12. The average Bonchev–Trinajstić information content (AvgIpc) is 3.23. The molecule has 0 aromatic heterocycles. The molecule has 188 valence electrons. The van der Waals surface area contributed by atoms with E-state index in [1.54, 1.807) is 4.90 Å². The number of halogens is 1. The average molecular weight is 570 g/mol. The standard InChI is InChI=1S/C22H43N5O4.HI/c1-5-23-20(24-9-7-16-29-18-19-8-6-17-30-19)25-10-11-26-12-14-27(15-13-26)21(28)31-22(2,3)4;/h19H,5-18H2,1-4H3,(H2,23,24,25);1H. The molecular weight excluding hydrogens is 525 g/mol. The van der Waals surface area contributed by atoms with Gasteiger partial charge in [-0.3, -0.25) is 9.89 Å². The Labute approximate surface area is 211 Å². The van der Waals surface area contributed by atoms with Crippen molar-refractivity contribution in [2.75, 3.05) is 72.2 Å². The number of nitrogens with zero attached hydrogens (tertiary/aromatic N) is 3. The molecule has 2 heterocycles. The fourth-order valence-electron chi connectivity index (χ4n) is 3.50. The zero-order valence-corrected chi connectivity index (χ0v) is 22.7. The van der Waals surface area contributed by atoms with Gasteiger partial charge in [0.2, 0.25) is 0 Å².